The van der Waals surface area contributed by atoms with Gasteiger partial charge in [0.1, 0.15) is 11.4 Å². The number of hydrogen-bond donors (Lipinski definition) is 0. The first kappa shape index (κ1) is 13.4. The third kappa shape index (κ3) is 2.52. The van der Waals surface area contributed by atoms with E-state index in [0.29, 0.717) is 5.69 Å². The minimum Gasteiger partial charge on any atom is -0.266 e. The molecular weight excluding hydrogens is 273 g/mol. The Hall–Kier alpha value is -1.06. The molecule has 0 aliphatic rings. The maximum absolute atomic E-state index is 13.3. The SMILES string of the molecule is C=C(C)c1ccc(-c2cc(C(F)(F)P)n(C)n2)s1. The van der Waals surface area contributed by atoms with Gasteiger partial charge in [0.15, 0.2) is 0 Å². The van der Waals surface area contributed by atoms with Gasteiger partial charge in [-0.3, -0.25) is 4.68 Å². The Labute approximate surface area is 111 Å². The van der Waals surface area contributed by atoms with Crippen molar-refractivity contribution in [2.75, 3.05) is 0 Å². The monoisotopic (exact) mass is 286 g/mol. The molecule has 96 valence electrons. The van der Waals surface area contributed by atoms with Crippen molar-refractivity contribution >= 4 is 26.1 Å². The summed E-state index contributed by atoms with van der Waals surface area (Å²) in [6, 6.07) is 5.22. The van der Waals surface area contributed by atoms with Gasteiger partial charge in [-0.1, -0.05) is 15.8 Å². The van der Waals surface area contributed by atoms with Crippen LogP contribution in [0.2, 0.25) is 0 Å². The fraction of sp³-hybridized carbons (Fsp3) is 0.250. The molecule has 6 heteroatoms. The molecule has 0 aromatic carbocycles. The van der Waals surface area contributed by atoms with Crippen molar-refractivity contribution in [3.05, 3.63) is 35.3 Å². The number of hydrogen-bond acceptors (Lipinski definition) is 2. The standard InChI is InChI=1S/C12H13F2N2PS/c1-7(2)9-4-5-10(18-9)8-6-11(12(13,14)17)16(3)15-8/h4-6H,1,17H2,2-3H3. The lowest BCUT2D eigenvalue weighted by Crippen LogP contribution is -2.09. The van der Waals surface area contributed by atoms with Gasteiger partial charge >= 0.3 is 0 Å². The lowest BCUT2D eigenvalue weighted by Gasteiger charge is -2.08. The summed E-state index contributed by atoms with van der Waals surface area (Å²) >= 11 is 1.50. The van der Waals surface area contributed by atoms with Crippen LogP contribution in [0.3, 0.4) is 0 Å². The average molecular weight is 286 g/mol. The molecule has 0 aliphatic heterocycles. The molecule has 2 nitrogen and oxygen atoms in total. The Morgan fingerprint density at radius 2 is 2.17 bits per heavy atom. The van der Waals surface area contributed by atoms with Gasteiger partial charge in [0.25, 0.3) is 5.66 Å². The first-order valence-electron chi connectivity index (χ1n) is 5.26. The van der Waals surface area contributed by atoms with Crippen LogP contribution in [0.15, 0.2) is 24.8 Å². The van der Waals surface area contributed by atoms with Crippen molar-refractivity contribution in [3.63, 3.8) is 0 Å². The molecule has 1 unspecified atom stereocenters. The normalized spacial score (nSPS) is 11.8. The van der Waals surface area contributed by atoms with Gasteiger partial charge in [-0.25, -0.2) is 0 Å². The zero-order valence-corrected chi connectivity index (χ0v) is 12.0. The summed E-state index contributed by atoms with van der Waals surface area (Å²) in [5.74, 6) is 0. The fourth-order valence-corrected chi connectivity index (χ4v) is 2.76. The van der Waals surface area contributed by atoms with Crippen LogP contribution in [0.4, 0.5) is 8.78 Å². The van der Waals surface area contributed by atoms with E-state index in [0.717, 1.165) is 15.3 Å². The Morgan fingerprint density at radius 1 is 1.50 bits per heavy atom. The smallest absolute Gasteiger partial charge is 0.266 e. The number of aryl methyl sites for hydroxylation is 1. The van der Waals surface area contributed by atoms with E-state index in [1.165, 1.54) is 38.4 Å². The number of allylic oxidation sites excluding steroid dienone is 1. The molecule has 1 atom stereocenters. The van der Waals surface area contributed by atoms with Crippen LogP contribution in [-0.4, -0.2) is 9.78 Å². The number of thiophene rings is 1. The summed E-state index contributed by atoms with van der Waals surface area (Å²) in [6.07, 6.45) is 0. The van der Waals surface area contributed by atoms with Crippen LogP contribution in [0.25, 0.3) is 16.1 Å². The molecule has 2 heterocycles. The van der Waals surface area contributed by atoms with Gasteiger partial charge in [0, 0.05) is 11.9 Å². The molecule has 0 fully saturated rings. The van der Waals surface area contributed by atoms with Crippen molar-refractivity contribution < 1.29 is 8.78 Å². The molecule has 2 rings (SSSR count). The quantitative estimate of drug-likeness (QED) is 0.777. The van der Waals surface area contributed by atoms with Gasteiger partial charge < -0.3 is 0 Å². The van der Waals surface area contributed by atoms with Crippen molar-refractivity contribution in [2.45, 2.75) is 12.6 Å². The average Bonchev–Trinajstić information content (AvgIpc) is 2.81. The Bertz CT molecular complexity index is 595. The predicted octanol–water partition coefficient (Wildman–Crippen LogP) is 4.11. The highest BCUT2D eigenvalue weighted by Crippen LogP contribution is 2.38. The minimum atomic E-state index is -2.96. The number of aromatic nitrogens is 2. The van der Waals surface area contributed by atoms with E-state index in [4.69, 9.17) is 0 Å². The second-order valence-electron chi connectivity index (χ2n) is 4.11. The van der Waals surface area contributed by atoms with Crippen LogP contribution >= 0.6 is 20.6 Å². The molecule has 0 saturated carbocycles. The fourth-order valence-electron chi connectivity index (χ4n) is 1.60. The van der Waals surface area contributed by atoms with Crippen molar-refractivity contribution in [1.82, 2.24) is 9.78 Å². The molecule has 2 aromatic rings. The van der Waals surface area contributed by atoms with E-state index >= 15 is 0 Å². The summed E-state index contributed by atoms with van der Waals surface area (Å²) in [5, 5.41) is 4.12. The maximum Gasteiger partial charge on any atom is 0.299 e. The molecule has 2 aromatic heterocycles. The maximum atomic E-state index is 13.3. The zero-order chi connectivity index (χ0) is 13.5. The van der Waals surface area contributed by atoms with Gasteiger partial charge in [-0.05, 0) is 30.7 Å². The van der Waals surface area contributed by atoms with Crippen molar-refractivity contribution in [3.8, 4) is 10.6 Å². The summed E-state index contributed by atoms with van der Waals surface area (Å²) in [4.78, 5) is 1.90. The van der Waals surface area contributed by atoms with Gasteiger partial charge in [0.05, 0.1) is 4.88 Å². The molecule has 0 spiro atoms. The molecule has 18 heavy (non-hydrogen) atoms. The Morgan fingerprint density at radius 3 is 2.61 bits per heavy atom. The summed E-state index contributed by atoms with van der Waals surface area (Å²) in [6.45, 7) is 5.77. The molecule has 0 radical (unpaired) electrons. The van der Waals surface area contributed by atoms with Crippen LogP contribution in [0.5, 0.6) is 0 Å². The Balaban J connectivity index is 2.42. The highest BCUT2D eigenvalue weighted by molar-refractivity contribution is 7.17. The van der Waals surface area contributed by atoms with E-state index in [-0.39, 0.29) is 5.69 Å². The van der Waals surface area contributed by atoms with E-state index in [2.05, 4.69) is 11.7 Å². The Kier molecular flexibility index (Phi) is 3.39. The number of nitrogens with zero attached hydrogens (tertiary/aromatic N) is 2. The molecule has 0 N–H and O–H groups in total. The highest BCUT2D eigenvalue weighted by atomic mass is 32.1. The minimum absolute atomic E-state index is 0.118. The second kappa shape index (κ2) is 4.56. The van der Waals surface area contributed by atoms with Crippen LogP contribution < -0.4 is 0 Å². The van der Waals surface area contributed by atoms with Gasteiger partial charge in [-0.15, -0.1) is 11.3 Å². The number of alkyl halides is 2. The van der Waals surface area contributed by atoms with E-state index in [1.807, 2.05) is 19.1 Å². The third-order valence-corrected chi connectivity index (χ3v) is 4.07. The van der Waals surface area contributed by atoms with E-state index in [1.54, 1.807) is 0 Å². The molecule has 0 aliphatic carbocycles. The van der Waals surface area contributed by atoms with Crippen molar-refractivity contribution in [1.29, 1.82) is 0 Å². The largest absolute Gasteiger partial charge is 0.299 e. The predicted molar refractivity (Wildman–Crippen MR) is 74.8 cm³/mol. The van der Waals surface area contributed by atoms with Crippen LogP contribution in [0.1, 0.15) is 17.5 Å². The van der Waals surface area contributed by atoms with E-state index < -0.39 is 5.66 Å². The van der Waals surface area contributed by atoms with Gasteiger partial charge in [0.2, 0.25) is 0 Å². The van der Waals surface area contributed by atoms with Crippen molar-refractivity contribution in [2.24, 2.45) is 7.05 Å². The third-order valence-electron chi connectivity index (χ3n) is 2.50. The summed E-state index contributed by atoms with van der Waals surface area (Å²) in [7, 11) is 3.05. The van der Waals surface area contributed by atoms with Gasteiger partial charge in [-0.2, -0.15) is 13.9 Å². The number of halogens is 2. The molecule has 0 saturated heterocycles. The van der Waals surface area contributed by atoms with E-state index in [9.17, 15) is 8.78 Å². The number of rotatable bonds is 3. The first-order valence-corrected chi connectivity index (χ1v) is 6.65. The topological polar surface area (TPSA) is 17.8 Å². The molecular formula is C12H13F2N2PS. The first-order chi connectivity index (χ1) is 8.29. The molecule has 0 bridgehead atoms. The highest BCUT2D eigenvalue weighted by Gasteiger charge is 2.29. The van der Waals surface area contributed by atoms with Crippen LogP contribution in [-0.2, 0) is 12.7 Å². The summed E-state index contributed by atoms with van der Waals surface area (Å²) < 4.78 is 27.7. The molecule has 0 amide bonds. The van der Waals surface area contributed by atoms with Crippen LogP contribution in [0, 0.1) is 0 Å². The lowest BCUT2D eigenvalue weighted by molar-refractivity contribution is 0.0938. The summed E-state index contributed by atoms with van der Waals surface area (Å²) in [5.41, 5.74) is -1.56. The lowest BCUT2D eigenvalue weighted by atomic mass is 10.2. The second-order valence-corrected chi connectivity index (χ2v) is 5.91. The zero-order valence-electron chi connectivity index (χ0n) is 10.1.